The van der Waals surface area contributed by atoms with Gasteiger partial charge in [-0.3, -0.25) is 0 Å². The van der Waals surface area contributed by atoms with Crippen LogP contribution in [0.2, 0.25) is 0 Å². The molecule has 2 N–H and O–H groups in total. The molecule has 0 saturated carbocycles. The fraction of sp³-hybridized carbons (Fsp3) is 0.692. The van der Waals surface area contributed by atoms with E-state index in [1.54, 1.807) is 13.2 Å². The summed E-state index contributed by atoms with van der Waals surface area (Å²) in [4.78, 5) is 0. The molecule has 0 bridgehead atoms. The molecule has 0 aliphatic heterocycles. The molecule has 16 heavy (non-hydrogen) atoms. The summed E-state index contributed by atoms with van der Waals surface area (Å²) in [6.07, 6.45) is 3.55. The molecule has 1 aromatic rings. The van der Waals surface area contributed by atoms with Crippen LogP contribution in [-0.4, -0.2) is 17.8 Å². The Morgan fingerprint density at radius 1 is 1.62 bits per heavy atom. The molecule has 1 aromatic heterocycles. The predicted molar refractivity (Wildman–Crippen MR) is 63.2 cm³/mol. The van der Waals surface area contributed by atoms with Crippen molar-refractivity contribution >= 4 is 0 Å². The summed E-state index contributed by atoms with van der Waals surface area (Å²) in [5.74, 6) is 1.10. The van der Waals surface area contributed by atoms with Gasteiger partial charge in [0, 0.05) is 24.6 Å². The van der Waals surface area contributed by atoms with E-state index in [4.69, 9.17) is 4.42 Å². The average Bonchev–Trinajstić information content (AvgIpc) is 2.59. The Labute approximate surface area is 96.8 Å². The second kappa shape index (κ2) is 4.22. The van der Waals surface area contributed by atoms with E-state index in [1.165, 1.54) is 5.56 Å². The Bertz CT molecular complexity index is 355. The summed E-state index contributed by atoms with van der Waals surface area (Å²) in [6.45, 7) is 6.95. The molecule has 1 aliphatic rings. The third-order valence-corrected chi connectivity index (χ3v) is 3.21. The normalized spacial score (nSPS) is 25.1. The van der Waals surface area contributed by atoms with Gasteiger partial charge in [0.2, 0.25) is 0 Å². The Morgan fingerprint density at radius 3 is 3.06 bits per heavy atom. The number of furan rings is 1. The minimum atomic E-state index is -0.305. The van der Waals surface area contributed by atoms with Crippen LogP contribution in [-0.2, 0) is 6.42 Å². The number of aliphatic hydroxyl groups is 1. The van der Waals surface area contributed by atoms with Gasteiger partial charge in [-0.25, -0.2) is 0 Å². The van der Waals surface area contributed by atoms with Crippen LogP contribution in [0.5, 0.6) is 0 Å². The van der Waals surface area contributed by atoms with Crippen molar-refractivity contribution in [3.05, 3.63) is 23.7 Å². The van der Waals surface area contributed by atoms with Gasteiger partial charge in [-0.05, 0) is 24.8 Å². The van der Waals surface area contributed by atoms with Crippen molar-refractivity contribution in [2.75, 3.05) is 6.54 Å². The first-order valence-electron chi connectivity index (χ1n) is 5.96. The summed E-state index contributed by atoms with van der Waals surface area (Å²) in [7, 11) is 0. The Balaban J connectivity index is 2.13. The summed E-state index contributed by atoms with van der Waals surface area (Å²) in [6, 6.07) is 2.36. The van der Waals surface area contributed by atoms with E-state index in [1.807, 2.05) is 6.07 Å². The molecule has 0 aromatic carbocycles. The number of aliphatic hydroxyl groups excluding tert-OH is 1. The van der Waals surface area contributed by atoms with Gasteiger partial charge in [0.05, 0.1) is 12.4 Å². The number of hydrogen-bond donors (Lipinski definition) is 2. The molecule has 90 valence electrons. The van der Waals surface area contributed by atoms with Gasteiger partial charge >= 0.3 is 0 Å². The molecule has 1 heterocycles. The van der Waals surface area contributed by atoms with Crippen LogP contribution in [0.3, 0.4) is 0 Å². The Morgan fingerprint density at radius 2 is 2.38 bits per heavy atom. The molecule has 0 radical (unpaired) electrons. The molecule has 3 heteroatoms. The van der Waals surface area contributed by atoms with Gasteiger partial charge in [-0.2, -0.15) is 0 Å². The van der Waals surface area contributed by atoms with Crippen LogP contribution in [0.4, 0.5) is 0 Å². The minimum absolute atomic E-state index is 0.265. The van der Waals surface area contributed by atoms with E-state index in [9.17, 15) is 5.11 Å². The molecule has 0 amide bonds. The van der Waals surface area contributed by atoms with Crippen molar-refractivity contribution < 1.29 is 9.52 Å². The molecule has 3 nitrogen and oxygen atoms in total. The molecular weight excluding hydrogens is 202 g/mol. The van der Waals surface area contributed by atoms with Crippen LogP contribution < -0.4 is 5.32 Å². The van der Waals surface area contributed by atoms with Gasteiger partial charge < -0.3 is 14.8 Å². The molecule has 2 rings (SSSR count). The van der Waals surface area contributed by atoms with Gasteiger partial charge in [-0.1, -0.05) is 13.8 Å². The SMILES string of the molecule is C[C@H](O)CNC1CC(C)(C)Cc2occc21. The van der Waals surface area contributed by atoms with Crippen molar-refractivity contribution in [1.29, 1.82) is 0 Å². The molecule has 1 unspecified atom stereocenters. The largest absolute Gasteiger partial charge is 0.469 e. The average molecular weight is 223 g/mol. The lowest BCUT2D eigenvalue weighted by molar-refractivity contribution is 0.171. The fourth-order valence-corrected chi connectivity index (χ4v) is 2.47. The number of nitrogens with one attached hydrogen (secondary N) is 1. The van der Waals surface area contributed by atoms with E-state index in [0.717, 1.165) is 18.6 Å². The highest BCUT2D eigenvalue weighted by Gasteiger charge is 2.33. The van der Waals surface area contributed by atoms with E-state index in [2.05, 4.69) is 19.2 Å². The maximum Gasteiger partial charge on any atom is 0.109 e. The van der Waals surface area contributed by atoms with E-state index >= 15 is 0 Å². The highest BCUT2D eigenvalue weighted by molar-refractivity contribution is 5.26. The lowest BCUT2D eigenvalue weighted by atomic mass is 9.75. The van der Waals surface area contributed by atoms with E-state index < -0.39 is 0 Å². The first-order chi connectivity index (χ1) is 7.48. The quantitative estimate of drug-likeness (QED) is 0.826. The standard InChI is InChI=1S/C13H21NO2/c1-9(15)8-14-11-6-13(2,3)7-12-10(11)4-5-16-12/h4-5,9,11,14-15H,6-8H2,1-3H3/t9-,11?/m0/s1. The van der Waals surface area contributed by atoms with Gasteiger partial charge in [0.15, 0.2) is 0 Å². The maximum atomic E-state index is 9.33. The molecule has 2 atom stereocenters. The molecule has 0 spiro atoms. The summed E-state index contributed by atoms with van der Waals surface area (Å²) < 4.78 is 5.53. The van der Waals surface area contributed by atoms with Crippen LogP contribution in [0.15, 0.2) is 16.7 Å². The van der Waals surface area contributed by atoms with E-state index in [0.29, 0.717) is 12.6 Å². The summed E-state index contributed by atoms with van der Waals surface area (Å²) in [5.41, 5.74) is 1.53. The molecule has 1 aliphatic carbocycles. The maximum absolute atomic E-state index is 9.33. The van der Waals surface area contributed by atoms with Crippen molar-refractivity contribution in [3.63, 3.8) is 0 Å². The number of fused-ring (bicyclic) bond motifs is 1. The molecular formula is C13H21NO2. The second-order valence-electron chi connectivity index (χ2n) is 5.65. The first kappa shape index (κ1) is 11.7. The smallest absolute Gasteiger partial charge is 0.109 e. The zero-order valence-corrected chi connectivity index (χ0v) is 10.3. The third-order valence-electron chi connectivity index (χ3n) is 3.21. The highest BCUT2D eigenvalue weighted by Crippen LogP contribution is 2.41. The number of hydrogen-bond acceptors (Lipinski definition) is 3. The Kier molecular flexibility index (Phi) is 3.08. The van der Waals surface area contributed by atoms with Gasteiger partial charge in [0.25, 0.3) is 0 Å². The van der Waals surface area contributed by atoms with Gasteiger partial charge in [0.1, 0.15) is 5.76 Å². The molecule has 0 saturated heterocycles. The highest BCUT2D eigenvalue weighted by atomic mass is 16.3. The fourth-order valence-electron chi connectivity index (χ4n) is 2.47. The Hall–Kier alpha value is -0.800. The summed E-state index contributed by atoms with van der Waals surface area (Å²) in [5, 5.41) is 12.7. The van der Waals surface area contributed by atoms with Crippen LogP contribution in [0.25, 0.3) is 0 Å². The lowest BCUT2D eigenvalue weighted by Gasteiger charge is -2.35. The van der Waals surface area contributed by atoms with Gasteiger partial charge in [-0.15, -0.1) is 0 Å². The van der Waals surface area contributed by atoms with Crippen molar-refractivity contribution in [2.24, 2.45) is 5.41 Å². The molecule has 0 fully saturated rings. The monoisotopic (exact) mass is 223 g/mol. The van der Waals surface area contributed by atoms with Crippen LogP contribution in [0.1, 0.15) is 44.6 Å². The summed E-state index contributed by atoms with van der Waals surface area (Å²) >= 11 is 0. The topological polar surface area (TPSA) is 45.4 Å². The number of rotatable bonds is 3. The van der Waals surface area contributed by atoms with Crippen molar-refractivity contribution in [1.82, 2.24) is 5.32 Å². The lowest BCUT2D eigenvalue weighted by Crippen LogP contribution is -2.35. The first-order valence-corrected chi connectivity index (χ1v) is 5.96. The van der Waals surface area contributed by atoms with Crippen molar-refractivity contribution in [3.8, 4) is 0 Å². The second-order valence-corrected chi connectivity index (χ2v) is 5.65. The zero-order valence-electron chi connectivity index (χ0n) is 10.3. The van der Waals surface area contributed by atoms with E-state index in [-0.39, 0.29) is 11.5 Å². The van der Waals surface area contributed by atoms with Crippen LogP contribution >= 0.6 is 0 Å². The third kappa shape index (κ3) is 2.47. The minimum Gasteiger partial charge on any atom is -0.469 e. The van der Waals surface area contributed by atoms with Crippen molar-refractivity contribution in [2.45, 2.75) is 45.8 Å². The predicted octanol–water partition coefficient (Wildman–Crippen LogP) is 2.26. The van der Waals surface area contributed by atoms with Crippen LogP contribution in [0, 0.1) is 5.41 Å². The zero-order chi connectivity index (χ0) is 11.8.